The summed E-state index contributed by atoms with van der Waals surface area (Å²) in [7, 11) is 2.13. The maximum atomic E-state index is 12.8. The molecule has 1 heterocycles. The van der Waals surface area contributed by atoms with Crippen LogP contribution in [-0.2, 0) is 0 Å². The molecule has 0 radical (unpaired) electrons. The summed E-state index contributed by atoms with van der Waals surface area (Å²) >= 11 is 0. The number of anilines is 1. The summed E-state index contributed by atoms with van der Waals surface area (Å²) in [4.78, 5) is 6.07. The summed E-state index contributed by atoms with van der Waals surface area (Å²) in [6, 6.07) is 5.39. The van der Waals surface area contributed by atoms with Gasteiger partial charge < -0.3 is 10.2 Å². The Bertz CT molecular complexity index is 328. The van der Waals surface area contributed by atoms with E-state index in [9.17, 15) is 4.39 Å². The molecule has 1 rings (SSSR count). The Morgan fingerprint density at radius 3 is 2.76 bits per heavy atom. The third-order valence-electron chi connectivity index (χ3n) is 2.84. The Morgan fingerprint density at radius 2 is 2.12 bits per heavy atom. The van der Waals surface area contributed by atoms with Gasteiger partial charge in [0.05, 0.1) is 0 Å². The average molecular weight is 239 g/mol. The van der Waals surface area contributed by atoms with Crippen LogP contribution in [0.3, 0.4) is 0 Å². The van der Waals surface area contributed by atoms with Crippen LogP contribution in [0.4, 0.5) is 10.2 Å². The molecule has 0 unspecified atom stereocenters. The average Bonchev–Trinajstić information content (AvgIpc) is 2.28. The summed E-state index contributed by atoms with van der Waals surface area (Å²) < 4.78 is 12.8. The molecule has 1 N–H and O–H groups in total. The van der Waals surface area contributed by atoms with Crippen LogP contribution in [0.1, 0.15) is 26.7 Å². The fourth-order valence-electron chi connectivity index (χ4n) is 1.47. The van der Waals surface area contributed by atoms with Crippen LogP contribution < -0.4 is 5.32 Å². The normalized spacial score (nSPS) is 11.2. The maximum absolute atomic E-state index is 12.8. The lowest BCUT2D eigenvalue weighted by Gasteiger charge is -2.20. The van der Waals surface area contributed by atoms with Crippen LogP contribution in [-0.4, -0.2) is 36.1 Å². The number of hydrogen-bond acceptors (Lipinski definition) is 3. The highest BCUT2D eigenvalue weighted by molar-refractivity contribution is 5.33. The van der Waals surface area contributed by atoms with Gasteiger partial charge >= 0.3 is 0 Å². The first-order chi connectivity index (χ1) is 8.09. The van der Waals surface area contributed by atoms with E-state index >= 15 is 0 Å². The van der Waals surface area contributed by atoms with Gasteiger partial charge in [-0.3, -0.25) is 0 Å². The number of rotatable bonds is 7. The van der Waals surface area contributed by atoms with Gasteiger partial charge in [-0.15, -0.1) is 0 Å². The molecule has 0 amide bonds. The van der Waals surface area contributed by atoms with Gasteiger partial charge in [0.15, 0.2) is 0 Å². The van der Waals surface area contributed by atoms with Crippen LogP contribution >= 0.6 is 0 Å². The lowest BCUT2D eigenvalue weighted by molar-refractivity contribution is 0.269. The molecule has 0 aliphatic heterocycles. The van der Waals surface area contributed by atoms with E-state index in [4.69, 9.17) is 0 Å². The number of halogens is 1. The first-order valence-corrected chi connectivity index (χ1v) is 6.16. The van der Waals surface area contributed by atoms with Gasteiger partial charge in [0.1, 0.15) is 5.82 Å². The van der Waals surface area contributed by atoms with Crippen molar-refractivity contribution in [3.63, 3.8) is 0 Å². The highest BCUT2D eigenvalue weighted by Gasteiger charge is 2.01. The third-order valence-corrected chi connectivity index (χ3v) is 2.84. The van der Waals surface area contributed by atoms with E-state index in [1.54, 1.807) is 12.1 Å². The van der Waals surface area contributed by atoms with Gasteiger partial charge in [-0.1, -0.05) is 6.07 Å². The molecule has 4 heteroatoms. The number of hydrogen-bond donors (Lipinski definition) is 1. The molecule has 0 bridgehead atoms. The fraction of sp³-hybridized carbons (Fsp3) is 0.615. The zero-order valence-electron chi connectivity index (χ0n) is 10.9. The molecule has 96 valence electrons. The number of aromatic nitrogens is 1. The minimum Gasteiger partial charge on any atom is -0.370 e. The predicted molar refractivity (Wildman–Crippen MR) is 69.7 cm³/mol. The standard InChI is InChI=1S/C13H22FN3/c1-11(2)17(3)10-5-4-9-15-13-8-6-7-12(14)16-13/h6-8,11H,4-5,9-10H2,1-3H3,(H,15,16). The van der Waals surface area contributed by atoms with E-state index in [2.05, 4.69) is 36.1 Å². The van der Waals surface area contributed by atoms with E-state index in [-0.39, 0.29) is 0 Å². The van der Waals surface area contributed by atoms with Crippen LogP contribution in [0, 0.1) is 5.95 Å². The molecule has 0 saturated carbocycles. The van der Waals surface area contributed by atoms with Gasteiger partial charge in [-0.05, 0) is 52.4 Å². The second kappa shape index (κ2) is 7.22. The lowest BCUT2D eigenvalue weighted by atomic mass is 10.2. The number of unbranched alkanes of at least 4 members (excludes halogenated alkanes) is 1. The molecule has 0 saturated heterocycles. The minimum absolute atomic E-state index is 0.436. The largest absolute Gasteiger partial charge is 0.370 e. The van der Waals surface area contributed by atoms with Gasteiger partial charge in [-0.2, -0.15) is 4.39 Å². The molecule has 0 aliphatic carbocycles. The Balaban J connectivity index is 2.12. The van der Waals surface area contributed by atoms with Crippen molar-refractivity contribution in [2.45, 2.75) is 32.7 Å². The number of pyridine rings is 1. The molecular formula is C13H22FN3. The maximum Gasteiger partial charge on any atom is 0.214 e. The van der Waals surface area contributed by atoms with Gasteiger partial charge in [0.2, 0.25) is 5.95 Å². The smallest absolute Gasteiger partial charge is 0.214 e. The summed E-state index contributed by atoms with van der Waals surface area (Å²) in [5.74, 6) is 0.178. The van der Waals surface area contributed by atoms with Crippen molar-refractivity contribution < 1.29 is 4.39 Å². The molecule has 1 aromatic rings. The second-order valence-corrected chi connectivity index (χ2v) is 4.55. The topological polar surface area (TPSA) is 28.2 Å². The molecule has 0 fully saturated rings. The molecular weight excluding hydrogens is 217 g/mol. The molecule has 0 atom stereocenters. The van der Waals surface area contributed by atoms with E-state index in [0.29, 0.717) is 11.9 Å². The predicted octanol–water partition coefficient (Wildman–Crippen LogP) is 2.75. The molecule has 3 nitrogen and oxygen atoms in total. The highest BCUT2D eigenvalue weighted by atomic mass is 19.1. The van der Waals surface area contributed by atoms with Crippen LogP contribution in [0.2, 0.25) is 0 Å². The first-order valence-electron chi connectivity index (χ1n) is 6.16. The van der Waals surface area contributed by atoms with E-state index in [0.717, 1.165) is 25.9 Å². The Kier molecular flexibility index (Phi) is 5.91. The van der Waals surface area contributed by atoms with Crippen molar-refractivity contribution in [3.8, 4) is 0 Å². The van der Waals surface area contributed by atoms with Crippen molar-refractivity contribution in [3.05, 3.63) is 24.1 Å². The Morgan fingerprint density at radius 1 is 1.35 bits per heavy atom. The third kappa shape index (κ3) is 5.63. The summed E-state index contributed by atoms with van der Waals surface area (Å²) in [5, 5.41) is 3.12. The van der Waals surface area contributed by atoms with Crippen LogP contribution in [0.15, 0.2) is 18.2 Å². The Labute approximate surface area is 103 Å². The number of nitrogens with one attached hydrogen (secondary N) is 1. The molecule has 1 aromatic heterocycles. The monoisotopic (exact) mass is 239 g/mol. The second-order valence-electron chi connectivity index (χ2n) is 4.55. The van der Waals surface area contributed by atoms with E-state index in [1.807, 2.05) is 0 Å². The van der Waals surface area contributed by atoms with Gasteiger partial charge in [0.25, 0.3) is 0 Å². The summed E-state index contributed by atoms with van der Waals surface area (Å²) in [6.07, 6.45) is 2.20. The van der Waals surface area contributed by atoms with E-state index in [1.165, 1.54) is 6.07 Å². The molecule has 0 spiro atoms. The zero-order chi connectivity index (χ0) is 12.7. The van der Waals surface area contributed by atoms with Crippen molar-refractivity contribution >= 4 is 5.82 Å². The lowest BCUT2D eigenvalue weighted by Crippen LogP contribution is -2.27. The van der Waals surface area contributed by atoms with Crippen molar-refractivity contribution in [1.29, 1.82) is 0 Å². The van der Waals surface area contributed by atoms with Crippen molar-refractivity contribution in [1.82, 2.24) is 9.88 Å². The SMILES string of the molecule is CC(C)N(C)CCCCNc1cccc(F)n1. The first kappa shape index (κ1) is 13.9. The zero-order valence-corrected chi connectivity index (χ0v) is 10.9. The molecule has 0 aliphatic rings. The van der Waals surface area contributed by atoms with Gasteiger partial charge in [0, 0.05) is 12.6 Å². The van der Waals surface area contributed by atoms with Crippen LogP contribution in [0.5, 0.6) is 0 Å². The molecule has 0 aromatic carbocycles. The quantitative estimate of drug-likeness (QED) is 0.586. The summed E-state index contributed by atoms with van der Waals surface area (Å²) in [5.41, 5.74) is 0. The van der Waals surface area contributed by atoms with Crippen molar-refractivity contribution in [2.75, 3.05) is 25.5 Å². The van der Waals surface area contributed by atoms with Gasteiger partial charge in [-0.25, -0.2) is 4.98 Å². The number of nitrogens with zero attached hydrogens (tertiary/aromatic N) is 2. The Hall–Kier alpha value is -1.16. The highest BCUT2D eigenvalue weighted by Crippen LogP contribution is 2.04. The summed E-state index contributed by atoms with van der Waals surface area (Å²) in [6.45, 7) is 6.31. The fourth-order valence-corrected chi connectivity index (χ4v) is 1.47. The minimum atomic E-state index is -0.436. The molecule has 17 heavy (non-hydrogen) atoms. The van der Waals surface area contributed by atoms with E-state index < -0.39 is 5.95 Å². The van der Waals surface area contributed by atoms with Crippen molar-refractivity contribution in [2.24, 2.45) is 0 Å². The van der Waals surface area contributed by atoms with Crippen LogP contribution in [0.25, 0.3) is 0 Å².